The Hall–Kier alpha value is -1.85. The molecule has 0 radical (unpaired) electrons. The number of nitrogens with zero attached hydrogens (tertiary/aromatic N) is 2. The molecule has 3 N–H and O–H groups in total. The van der Waals surface area contributed by atoms with Crippen molar-refractivity contribution in [1.82, 2.24) is 15.3 Å². The van der Waals surface area contributed by atoms with Crippen molar-refractivity contribution in [2.24, 2.45) is 0 Å². The molecule has 1 saturated heterocycles. The molecule has 0 bridgehead atoms. The van der Waals surface area contributed by atoms with Crippen LogP contribution in [0.2, 0.25) is 0 Å². The summed E-state index contributed by atoms with van der Waals surface area (Å²) in [7, 11) is 0. The summed E-state index contributed by atoms with van der Waals surface area (Å²) in [5.74, 6) is 1.93. The van der Waals surface area contributed by atoms with E-state index in [9.17, 15) is 4.79 Å². The minimum absolute atomic E-state index is 0.132. The van der Waals surface area contributed by atoms with Crippen molar-refractivity contribution >= 4 is 17.5 Å². The zero-order valence-corrected chi connectivity index (χ0v) is 12.2. The molecule has 0 spiro atoms. The zero-order chi connectivity index (χ0) is 14.4. The highest BCUT2D eigenvalue weighted by Gasteiger charge is 2.20. The lowest BCUT2D eigenvalue weighted by molar-refractivity contribution is -0.122. The van der Waals surface area contributed by atoms with Gasteiger partial charge in [-0.25, -0.2) is 9.97 Å². The van der Waals surface area contributed by atoms with E-state index < -0.39 is 0 Å². The van der Waals surface area contributed by atoms with Crippen LogP contribution < -0.4 is 16.0 Å². The van der Waals surface area contributed by atoms with E-state index in [4.69, 9.17) is 0 Å². The minimum atomic E-state index is 0.132. The molecule has 110 valence electrons. The monoisotopic (exact) mass is 277 g/mol. The second-order valence-corrected chi connectivity index (χ2v) is 5.01. The number of carbonyl (C=O) groups is 1. The summed E-state index contributed by atoms with van der Waals surface area (Å²) in [6, 6.07) is 0.243. The first-order valence-electron chi connectivity index (χ1n) is 7.35. The average Bonchev–Trinajstić information content (AvgIpc) is 2.45. The Bertz CT molecular complexity index is 453. The van der Waals surface area contributed by atoms with E-state index >= 15 is 0 Å². The third kappa shape index (κ3) is 3.59. The van der Waals surface area contributed by atoms with E-state index in [2.05, 4.69) is 39.8 Å². The van der Waals surface area contributed by atoms with E-state index in [-0.39, 0.29) is 11.9 Å². The van der Waals surface area contributed by atoms with E-state index in [0.29, 0.717) is 13.0 Å². The molecule has 1 aliphatic rings. The molecule has 0 saturated carbocycles. The second-order valence-electron chi connectivity index (χ2n) is 5.01. The SMILES string of the molecule is CCCc1c(NCC)ncnc1NC1CCC(=O)NC1. The number of hydrogen-bond donors (Lipinski definition) is 3. The van der Waals surface area contributed by atoms with Crippen molar-refractivity contribution in [1.29, 1.82) is 0 Å². The molecule has 20 heavy (non-hydrogen) atoms. The van der Waals surface area contributed by atoms with Crippen LogP contribution in [0.25, 0.3) is 0 Å². The van der Waals surface area contributed by atoms with Gasteiger partial charge >= 0.3 is 0 Å². The summed E-state index contributed by atoms with van der Waals surface area (Å²) in [5.41, 5.74) is 1.13. The van der Waals surface area contributed by atoms with Gasteiger partial charge in [0.1, 0.15) is 18.0 Å². The van der Waals surface area contributed by atoms with Crippen LogP contribution in [0.15, 0.2) is 6.33 Å². The Kier molecular flexibility index (Phi) is 5.15. The van der Waals surface area contributed by atoms with Gasteiger partial charge in [-0.3, -0.25) is 4.79 Å². The van der Waals surface area contributed by atoms with Crippen molar-refractivity contribution in [3.8, 4) is 0 Å². The van der Waals surface area contributed by atoms with E-state index in [1.165, 1.54) is 0 Å². The molecule has 1 aromatic heterocycles. The van der Waals surface area contributed by atoms with Crippen LogP contribution in [-0.2, 0) is 11.2 Å². The Labute approximate surface area is 119 Å². The topological polar surface area (TPSA) is 78.9 Å². The molecule has 1 atom stereocenters. The normalized spacial score (nSPS) is 18.5. The maximum absolute atomic E-state index is 11.2. The first-order valence-corrected chi connectivity index (χ1v) is 7.35. The van der Waals surface area contributed by atoms with Gasteiger partial charge in [0.05, 0.1) is 0 Å². The molecular weight excluding hydrogens is 254 g/mol. The lowest BCUT2D eigenvalue weighted by Gasteiger charge is -2.25. The van der Waals surface area contributed by atoms with Crippen LogP contribution in [0.1, 0.15) is 38.7 Å². The molecule has 1 aliphatic heterocycles. The highest BCUT2D eigenvalue weighted by atomic mass is 16.1. The minimum Gasteiger partial charge on any atom is -0.370 e. The van der Waals surface area contributed by atoms with Gasteiger partial charge in [0.2, 0.25) is 5.91 Å². The molecule has 1 fully saturated rings. The summed E-state index contributed by atoms with van der Waals surface area (Å²) in [5, 5.41) is 9.62. The molecule has 6 nitrogen and oxygen atoms in total. The number of carbonyl (C=O) groups excluding carboxylic acids is 1. The molecule has 2 heterocycles. The Balaban J connectivity index is 2.13. The Morgan fingerprint density at radius 3 is 2.80 bits per heavy atom. The number of aromatic nitrogens is 2. The average molecular weight is 277 g/mol. The van der Waals surface area contributed by atoms with E-state index in [1.54, 1.807) is 6.33 Å². The highest BCUT2D eigenvalue weighted by Crippen LogP contribution is 2.23. The first kappa shape index (κ1) is 14.6. The summed E-state index contributed by atoms with van der Waals surface area (Å²) < 4.78 is 0. The third-order valence-electron chi connectivity index (χ3n) is 3.40. The molecule has 1 aromatic rings. The van der Waals surface area contributed by atoms with Crippen molar-refractivity contribution in [3.63, 3.8) is 0 Å². The Morgan fingerprint density at radius 1 is 1.35 bits per heavy atom. The van der Waals surface area contributed by atoms with Gasteiger partial charge in [0.15, 0.2) is 0 Å². The van der Waals surface area contributed by atoms with Gasteiger partial charge in [-0.05, 0) is 19.8 Å². The number of piperidine rings is 1. The smallest absolute Gasteiger partial charge is 0.220 e. The number of nitrogens with one attached hydrogen (secondary N) is 3. The fourth-order valence-electron chi connectivity index (χ4n) is 2.39. The van der Waals surface area contributed by atoms with Crippen molar-refractivity contribution in [3.05, 3.63) is 11.9 Å². The number of anilines is 2. The van der Waals surface area contributed by atoms with Crippen LogP contribution in [0.3, 0.4) is 0 Å². The van der Waals surface area contributed by atoms with Crippen LogP contribution in [0.4, 0.5) is 11.6 Å². The number of hydrogen-bond acceptors (Lipinski definition) is 5. The summed E-state index contributed by atoms with van der Waals surface area (Å²) in [6.45, 7) is 5.70. The van der Waals surface area contributed by atoms with E-state index in [1.807, 2.05) is 0 Å². The summed E-state index contributed by atoms with van der Waals surface area (Å²) in [4.78, 5) is 19.9. The third-order valence-corrected chi connectivity index (χ3v) is 3.40. The van der Waals surface area contributed by atoms with Crippen molar-refractivity contribution in [2.75, 3.05) is 23.7 Å². The second kappa shape index (κ2) is 7.07. The predicted molar refractivity (Wildman–Crippen MR) is 79.8 cm³/mol. The maximum Gasteiger partial charge on any atom is 0.220 e. The van der Waals surface area contributed by atoms with Gasteiger partial charge in [0.25, 0.3) is 0 Å². The maximum atomic E-state index is 11.2. The number of rotatable bonds is 6. The van der Waals surface area contributed by atoms with Crippen LogP contribution in [0, 0.1) is 0 Å². The summed E-state index contributed by atoms with van der Waals surface area (Å²) in [6.07, 6.45) is 4.98. The lowest BCUT2D eigenvalue weighted by atomic mass is 10.1. The predicted octanol–water partition coefficient (Wildman–Crippen LogP) is 1.55. The van der Waals surface area contributed by atoms with Gasteiger partial charge < -0.3 is 16.0 Å². The molecule has 0 aromatic carbocycles. The van der Waals surface area contributed by atoms with Gasteiger partial charge in [-0.2, -0.15) is 0 Å². The molecule has 6 heteroatoms. The van der Waals surface area contributed by atoms with Gasteiger partial charge in [-0.1, -0.05) is 13.3 Å². The van der Waals surface area contributed by atoms with Crippen LogP contribution >= 0.6 is 0 Å². The lowest BCUT2D eigenvalue weighted by Crippen LogP contribution is -2.42. The largest absolute Gasteiger partial charge is 0.370 e. The molecule has 2 rings (SSSR count). The van der Waals surface area contributed by atoms with Crippen LogP contribution in [-0.4, -0.2) is 35.0 Å². The molecular formula is C14H23N5O. The quantitative estimate of drug-likeness (QED) is 0.735. The Morgan fingerprint density at radius 2 is 2.15 bits per heavy atom. The first-order chi connectivity index (χ1) is 9.74. The standard InChI is InChI=1S/C14H23N5O/c1-3-5-11-13(15-4-2)17-9-18-14(11)19-10-6-7-12(20)16-8-10/h9-10H,3-8H2,1-2H3,(H,16,20)(H2,15,17,18,19). The van der Waals surface area contributed by atoms with E-state index in [0.717, 1.165) is 43.0 Å². The fourth-order valence-corrected chi connectivity index (χ4v) is 2.39. The van der Waals surface area contributed by atoms with Gasteiger partial charge in [-0.15, -0.1) is 0 Å². The van der Waals surface area contributed by atoms with Crippen molar-refractivity contribution < 1.29 is 4.79 Å². The highest BCUT2D eigenvalue weighted by molar-refractivity contribution is 5.77. The van der Waals surface area contributed by atoms with Gasteiger partial charge in [0, 0.05) is 31.1 Å². The zero-order valence-electron chi connectivity index (χ0n) is 12.2. The molecule has 0 aliphatic carbocycles. The summed E-state index contributed by atoms with van der Waals surface area (Å²) >= 11 is 0. The molecule has 1 unspecified atom stereocenters. The fraction of sp³-hybridized carbons (Fsp3) is 0.643. The molecule has 1 amide bonds. The van der Waals surface area contributed by atoms with Crippen molar-refractivity contribution in [2.45, 2.75) is 45.6 Å². The van der Waals surface area contributed by atoms with Crippen LogP contribution in [0.5, 0.6) is 0 Å². The number of amides is 1.